The Morgan fingerprint density at radius 3 is 2.83 bits per heavy atom. The number of fused-ring (bicyclic) bond motifs is 4. The summed E-state index contributed by atoms with van der Waals surface area (Å²) >= 11 is 2.24. The van der Waals surface area contributed by atoms with Crippen molar-refractivity contribution in [2.24, 2.45) is 5.41 Å². The summed E-state index contributed by atoms with van der Waals surface area (Å²) in [6, 6.07) is 6.13. The van der Waals surface area contributed by atoms with Gasteiger partial charge in [0.1, 0.15) is 42.7 Å². The summed E-state index contributed by atoms with van der Waals surface area (Å²) in [5.74, 6) is -1.12. The second-order valence-corrected chi connectivity index (χ2v) is 11.0. The van der Waals surface area contributed by atoms with E-state index in [2.05, 4.69) is 27.9 Å². The van der Waals surface area contributed by atoms with E-state index < -0.39 is 47.9 Å². The fourth-order valence-corrected chi connectivity index (χ4v) is 7.01. The van der Waals surface area contributed by atoms with Gasteiger partial charge in [0.15, 0.2) is 6.04 Å². The van der Waals surface area contributed by atoms with Crippen LogP contribution in [0.4, 0.5) is 0 Å². The predicted molar refractivity (Wildman–Crippen MR) is 130 cm³/mol. The maximum atomic E-state index is 14.5. The molecule has 194 valence electrons. The number of benzene rings is 1. The normalized spacial score (nSPS) is 37.1. The number of hydrogen-bond acceptors (Lipinski definition) is 9. The topological polar surface area (TPSA) is 127 Å². The Labute approximate surface area is 221 Å². The Hall–Kier alpha value is -1.84. The number of hydroxylamine groups is 2. The molecule has 5 fully saturated rings. The summed E-state index contributed by atoms with van der Waals surface area (Å²) in [6.45, 7) is 0.649. The van der Waals surface area contributed by atoms with Gasteiger partial charge >= 0.3 is 5.97 Å². The molecule has 2 bridgehead atoms. The number of amides is 2. The first-order valence-corrected chi connectivity index (χ1v) is 13.3. The van der Waals surface area contributed by atoms with E-state index in [0.29, 0.717) is 19.4 Å². The summed E-state index contributed by atoms with van der Waals surface area (Å²) < 4.78 is 18.5. The van der Waals surface area contributed by atoms with Gasteiger partial charge in [-0.1, -0.05) is 18.2 Å². The van der Waals surface area contributed by atoms with Crippen molar-refractivity contribution in [3.05, 3.63) is 33.4 Å². The van der Waals surface area contributed by atoms with E-state index in [4.69, 9.17) is 24.2 Å². The molecule has 12 heteroatoms. The highest BCUT2D eigenvalue weighted by Crippen LogP contribution is 2.56. The molecular weight excluding hydrogens is 585 g/mol. The number of nitrogens with one attached hydrogen (secondary N) is 1. The van der Waals surface area contributed by atoms with E-state index in [0.717, 1.165) is 9.13 Å². The van der Waals surface area contributed by atoms with E-state index in [1.165, 1.54) is 0 Å². The van der Waals surface area contributed by atoms with E-state index in [9.17, 15) is 14.4 Å². The number of esters is 1. The summed E-state index contributed by atoms with van der Waals surface area (Å²) in [4.78, 5) is 48.8. The number of aliphatic hydroxyl groups excluding tert-OH is 1. The van der Waals surface area contributed by atoms with E-state index in [1.807, 2.05) is 24.3 Å². The zero-order valence-electron chi connectivity index (χ0n) is 19.5. The summed E-state index contributed by atoms with van der Waals surface area (Å²) in [5.41, 5.74) is -0.314. The molecule has 6 rings (SSSR count). The zero-order valence-corrected chi connectivity index (χ0v) is 21.7. The summed E-state index contributed by atoms with van der Waals surface area (Å²) in [5, 5.41) is 13.4. The molecule has 1 aromatic carbocycles. The minimum atomic E-state index is -1.27. The fourth-order valence-electron chi connectivity index (χ4n) is 6.45. The maximum absolute atomic E-state index is 14.5. The highest BCUT2D eigenvalue weighted by molar-refractivity contribution is 14.1. The second-order valence-electron chi connectivity index (χ2n) is 9.87. The SMILES string of the molecule is O=C(NCCO)C1CCCN1C(=O)C12CC3OC(=O)C1N(Cc1ccccc1I)OC2C1OCOC31. The van der Waals surface area contributed by atoms with Gasteiger partial charge < -0.3 is 29.5 Å². The van der Waals surface area contributed by atoms with Crippen LogP contribution in [0.3, 0.4) is 0 Å². The van der Waals surface area contributed by atoms with Gasteiger partial charge in [0.2, 0.25) is 11.8 Å². The van der Waals surface area contributed by atoms with Crippen molar-refractivity contribution < 1.29 is 38.5 Å². The molecule has 36 heavy (non-hydrogen) atoms. The number of carbonyl (C=O) groups excluding carboxylic acids is 3. The van der Waals surface area contributed by atoms with Crippen LogP contribution in [0.15, 0.2) is 24.3 Å². The van der Waals surface area contributed by atoms with Crippen LogP contribution in [0.2, 0.25) is 0 Å². The molecule has 4 aliphatic heterocycles. The molecule has 4 heterocycles. The Bertz CT molecular complexity index is 1070. The Balaban J connectivity index is 1.38. The number of carbonyl (C=O) groups is 3. The van der Waals surface area contributed by atoms with Gasteiger partial charge in [-0.05, 0) is 47.1 Å². The van der Waals surface area contributed by atoms with Crippen LogP contribution in [0.25, 0.3) is 0 Å². The molecule has 2 N–H and O–H groups in total. The van der Waals surface area contributed by atoms with Gasteiger partial charge in [-0.15, -0.1) is 0 Å². The molecule has 0 spiro atoms. The molecule has 7 atom stereocenters. The van der Waals surface area contributed by atoms with Crippen LogP contribution >= 0.6 is 22.6 Å². The highest BCUT2D eigenvalue weighted by atomic mass is 127. The number of ether oxygens (including phenoxy) is 3. The maximum Gasteiger partial charge on any atom is 0.327 e. The van der Waals surface area contributed by atoms with Crippen molar-refractivity contribution in [1.29, 1.82) is 0 Å². The minimum Gasteiger partial charge on any atom is -0.458 e. The Kier molecular flexibility index (Phi) is 6.45. The molecule has 0 radical (unpaired) electrons. The van der Waals surface area contributed by atoms with Gasteiger partial charge in [-0.25, -0.2) is 0 Å². The molecule has 1 aromatic rings. The molecule has 0 aromatic heterocycles. The van der Waals surface area contributed by atoms with Crippen LogP contribution in [0.1, 0.15) is 24.8 Å². The van der Waals surface area contributed by atoms with Crippen LogP contribution in [0, 0.1) is 8.99 Å². The van der Waals surface area contributed by atoms with E-state index in [1.54, 1.807) is 9.96 Å². The van der Waals surface area contributed by atoms with Crippen LogP contribution in [-0.4, -0.2) is 95.8 Å². The molecule has 2 amide bonds. The minimum absolute atomic E-state index is 0.0324. The number of hydrogen-bond donors (Lipinski definition) is 2. The standard InChI is InChI=1S/C24H28IN3O8/c25-14-5-2-1-4-13(14)11-28-19-22(31)35-16-10-24(19,20(36-28)18-17(16)33-12-34-18)23(32)27-8-3-6-15(27)21(30)26-7-9-29/h1-2,4-5,15-20,29H,3,6-12H2,(H,26,30). The molecule has 1 aliphatic carbocycles. The smallest absolute Gasteiger partial charge is 0.327 e. The molecule has 1 saturated carbocycles. The van der Waals surface area contributed by atoms with Gasteiger partial charge in [0.25, 0.3) is 0 Å². The number of nitrogens with zero attached hydrogens (tertiary/aromatic N) is 2. The lowest BCUT2D eigenvalue weighted by molar-refractivity contribution is -0.204. The molecule has 4 saturated heterocycles. The van der Waals surface area contributed by atoms with Gasteiger partial charge in [0.05, 0.1) is 13.2 Å². The Morgan fingerprint density at radius 2 is 2.03 bits per heavy atom. The van der Waals surface area contributed by atoms with Gasteiger partial charge in [0, 0.05) is 23.1 Å². The lowest BCUT2D eigenvalue weighted by atomic mass is 9.62. The first kappa shape index (κ1) is 24.5. The number of rotatable bonds is 6. The van der Waals surface area contributed by atoms with Crippen LogP contribution in [0.5, 0.6) is 0 Å². The fraction of sp³-hybridized carbons (Fsp3) is 0.625. The van der Waals surface area contributed by atoms with Crippen LogP contribution in [-0.2, 0) is 40.0 Å². The second kappa shape index (κ2) is 9.48. The molecule has 7 unspecified atom stereocenters. The lowest BCUT2D eigenvalue weighted by Gasteiger charge is -2.50. The average Bonchev–Trinajstić information content (AvgIpc) is 3.61. The van der Waals surface area contributed by atoms with Gasteiger partial charge in [-0.3, -0.25) is 19.2 Å². The zero-order chi connectivity index (χ0) is 25.0. The average molecular weight is 613 g/mol. The monoisotopic (exact) mass is 613 g/mol. The van der Waals surface area contributed by atoms with Crippen molar-refractivity contribution in [2.75, 3.05) is 26.5 Å². The molecule has 11 nitrogen and oxygen atoms in total. The van der Waals surface area contributed by atoms with Crippen molar-refractivity contribution in [3.8, 4) is 0 Å². The third-order valence-electron chi connectivity index (χ3n) is 7.98. The predicted octanol–water partition coefficient (Wildman–Crippen LogP) is -0.0679. The number of aliphatic hydroxyl groups is 1. The van der Waals surface area contributed by atoms with Crippen molar-refractivity contribution in [1.82, 2.24) is 15.3 Å². The highest BCUT2D eigenvalue weighted by Gasteiger charge is 2.75. The van der Waals surface area contributed by atoms with E-state index >= 15 is 0 Å². The van der Waals surface area contributed by atoms with Crippen molar-refractivity contribution in [2.45, 2.75) is 62.3 Å². The Morgan fingerprint density at radius 1 is 1.22 bits per heavy atom. The van der Waals surface area contributed by atoms with Crippen molar-refractivity contribution >= 4 is 40.4 Å². The van der Waals surface area contributed by atoms with Crippen molar-refractivity contribution in [3.63, 3.8) is 0 Å². The summed E-state index contributed by atoms with van der Waals surface area (Å²) in [6.07, 6.45) is -1.06. The van der Waals surface area contributed by atoms with Gasteiger partial charge in [-0.2, -0.15) is 5.06 Å². The molecule has 5 aliphatic rings. The summed E-state index contributed by atoms with van der Waals surface area (Å²) in [7, 11) is 0. The third kappa shape index (κ3) is 3.68. The lowest BCUT2D eigenvalue weighted by Crippen LogP contribution is -2.70. The van der Waals surface area contributed by atoms with E-state index in [-0.39, 0.29) is 44.7 Å². The van der Waals surface area contributed by atoms with Crippen LogP contribution < -0.4 is 5.32 Å². The third-order valence-corrected chi connectivity index (χ3v) is 9.03. The quantitative estimate of drug-likeness (QED) is 0.335. The number of halogens is 1. The largest absolute Gasteiger partial charge is 0.458 e. The first-order chi connectivity index (χ1) is 17.5. The number of likely N-dealkylation sites (tertiary alicyclic amines) is 1. The molecular formula is C24H28IN3O8. The first-order valence-electron chi connectivity index (χ1n) is 12.3.